The van der Waals surface area contributed by atoms with E-state index in [1.165, 1.54) is 0 Å². The Morgan fingerprint density at radius 1 is 1.55 bits per heavy atom. The molecule has 0 bridgehead atoms. The van der Waals surface area contributed by atoms with Gasteiger partial charge in [0.25, 0.3) is 6.43 Å². The molecule has 1 fully saturated rings. The van der Waals surface area contributed by atoms with Crippen LogP contribution in [0.2, 0.25) is 0 Å². The second-order valence-corrected chi connectivity index (χ2v) is 2.69. The Morgan fingerprint density at radius 3 is 2.91 bits per heavy atom. The number of alkyl halides is 2. The monoisotopic (exact) mass is 165 g/mol. The number of nitrogens with one attached hydrogen (secondary N) is 1. The van der Waals surface area contributed by atoms with Crippen LogP contribution < -0.4 is 5.32 Å². The van der Waals surface area contributed by atoms with Crippen molar-refractivity contribution in [3.05, 3.63) is 0 Å². The second-order valence-electron chi connectivity index (χ2n) is 2.69. The summed E-state index contributed by atoms with van der Waals surface area (Å²) in [5, 5.41) is 3.09. The SMILES string of the molecule is FC(F)CO[C@@H]1CCCNC1. The molecule has 66 valence electrons. The van der Waals surface area contributed by atoms with Gasteiger partial charge in [0.15, 0.2) is 0 Å². The van der Waals surface area contributed by atoms with Crippen LogP contribution in [0.3, 0.4) is 0 Å². The molecule has 0 aromatic heterocycles. The number of ether oxygens (including phenoxy) is 1. The molecule has 1 rings (SSSR count). The fraction of sp³-hybridized carbons (Fsp3) is 1.00. The number of piperidine rings is 1. The van der Waals surface area contributed by atoms with Crippen molar-refractivity contribution in [1.29, 1.82) is 0 Å². The van der Waals surface area contributed by atoms with Gasteiger partial charge in [-0.3, -0.25) is 0 Å². The standard InChI is InChI=1S/C7H13F2NO/c8-7(9)5-11-6-2-1-3-10-4-6/h6-7,10H,1-5H2/t6-/m1/s1. The highest BCUT2D eigenvalue weighted by Crippen LogP contribution is 2.07. The van der Waals surface area contributed by atoms with Crippen LogP contribution in [0.5, 0.6) is 0 Å². The van der Waals surface area contributed by atoms with Crippen LogP contribution in [0.15, 0.2) is 0 Å². The maximum Gasteiger partial charge on any atom is 0.261 e. The highest BCUT2D eigenvalue weighted by atomic mass is 19.3. The summed E-state index contributed by atoms with van der Waals surface area (Å²) in [6.07, 6.45) is -0.414. The Kier molecular flexibility index (Phi) is 3.72. The van der Waals surface area contributed by atoms with Gasteiger partial charge in [-0.2, -0.15) is 0 Å². The molecule has 2 nitrogen and oxygen atoms in total. The third kappa shape index (κ3) is 3.62. The summed E-state index contributed by atoms with van der Waals surface area (Å²) in [5.41, 5.74) is 0. The zero-order valence-electron chi connectivity index (χ0n) is 6.35. The van der Waals surface area contributed by atoms with Crippen LogP contribution in [0.1, 0.15) is 12.8 Å². The fourth-order valence-corrected chi connectivity index (χ4v) is 1.17. The molecule has 0 radical (unpaired) electrons. The topological polar surface area (TPSA) is 21.3 Å². The van der Waals surface area contributed by atoms with Crippen molar-refractivity contribution in [2.75, 3.05) is 19.7 Å². The Bertz CT molecular complexity index is 105. The van der Waals surface area contributed by atoms with Crippen LogP contribution in [-0.4, -0.2) is 32.2 Å². The Labute approximate surface area is 64.9 Å². The molecule has 0 aliphatic carbocycles. The van der Waals surface area contributed by atoms with Crippen molar-refractivity contribution in [2.24, 2.45) is 0 Å². The number of halogens is 2. The van der Waals surface area contributed by atoms with E-state index in [9.17, 15) is 8.78 Å². The summed E-state index contributed by atoms with van der Waals surface area (Å²) < 4.78 is 28.2. The molecule has 0 aromatic rings. The minimum absolute atomic E-state index is 0.00208. The summed E-state index contributed by atoms with van der Waals surface area (Å²) in [7, 11) is 0. The third-order valence-corrected chi connectivity index (χ3v) is 1.71. The molecule has 1 saturated heterocycles. The van der Waals surface area contributed by atoms with Crippen molar-refractivity contribution in [3.63, 3.8) is 0 Å². The molecule has 0 unspecified atom stereocenters. The predicted octanol–water partition coefficient (Wildman–Crippen LogP) is 1.02. The number of hydrogen-bond donors (Lipinski definition) is 1. The molecule has 11 heavy (non-hydrogen) atoms. The van der Waals surface area contributed by atoms with Crippen LogP contribution in [-0.2, 0) is 4.74 Å². The summed E-state index contributed by atoms with van der Waals surface area (Å²) in [4.78, 5) is 0. The summed E-state index contributed by atoms with van der Waals surface area (Å²) >= 11 is 0. The van der Waals surface area contributed by atoms with Crippen molar-refractivity contribution in [3.8, 4) is 0 Å². The van der Waals surface area contributed by atoms with Crippen molar-refractivity contribution in [1.82, 2.24) is 5.32 Å². The van der Waals surface area contributed by atoms with Crippen LogP contribution in [0.4, 0.5) is 8.78 Å². The molecule has 4 heteroatoms. The molecular formula is C7H13F2NO. The van der Waals surface area contributed by atoms with E-state index in [4.69, 9.17) is 4.74 Å². The average molecular weight is 165 g/mol. The minimum atomic E-state index is -2.34. The van der Waals surface area contributed by atoms with Crippen LogP contribution in [0.25, 0.3) is 0 Å². The first-order valence-corrected chi connectivity index (χ1v) is 3.89. The molecule has 1 heterocycles. The van der Waals surface area contributed by atoms with Crippen LogP contribution >= 0.6 is 0 Å². The molecule has 0 amide bonds. The molecule has 1 N–H and O–H groups in total. The van der Waals surface area contributed by atoms with Gasteiger partial charge in [0.2, 0.25) is 0 Å². The highest BCUT2D eigenvalue weighted by Gasteiger charge is 2.14. The van der Waals surface area contributed by atoms with Gasteiger partial charge in [-0.15, -0.1) is 0 Å². The quantitative estimate of drug-likeness (QED) is 0.674. The maximum absolute atomic E-state index is 11.6. The predicted molar refractivity (Wildman–Crippen MR) is 37.8 cm³/mol. The lowest BCUT2D eigenvalue weighted by Crippen LogP contribution is -2.36. The normalized spacial score (nSPS) is 25.9. The van der Waals surface area contributed by atoms with Crippen molar-refractivity contribution >= 4 is 0 Å². The molecule has 0 saturated carbocycles. The van der Waals surface area contributed by atoms with Gasteiger partial charge in [0.1, 0.15) is 6.61 Å². The average Bonchev–Trinajstić information content (AvgIpc) is 2.03. The van der Waals surface area contributed by atoms with Gasteiger partial charge in [0.05, 0.1) is 6.10 Å². The van der Waals surface area contributed by atoms with E-state index in [2.05, 4.69) is 5.32 Å². The largest absolute Gasteiger partial charge is 0.371 e. The van der Waals surface area contributed by atoms with Gasteiger partial charge in [-0.25, -0.2) is 8.78 Å². The summed E-state index contributed by atoms with van der Waals surface area (Å²) in [6.45, 7) is 1.27. The first-order valence-electron chi connectivity index (χ1n) is 3.89. The van der Waals surface area contributed by atoms with E-state index < -0.39 is 13.0 Å². The Morgan fingerprint density at radius 2 is 2.36 bits per heavy atom. The molecule has 0 spiro atoms. The smallest absolute Gasteiger partial charge is 0.261 e. The lowest BCUT2D eigenvalue weighted by molar-refractivity contribution is -0.0313. The maximum atomic E-state index is 11.6. The summed E-state index contributed by atoms with van der Waals surface area (Å²) in [5.74, 6) is 0. The first-order chi connectivity index (χ1) is 5.29. The van der Waals surface area contributed by atoms with E-state index >= 15 is 0 Å². The number of rotatable bonds is 3. The van der Waals surface area contributed by atoms with Gasteiger partial charge in [0, 0.05) is 6.54 Å². The third-order valence-electron chi connectivity index (χ3n) is 1.71. The molecule has 0 aromatic carbocycles. The highest BCUT2D eigenvalue weighted by molar-refractivity contribution is 4.68. The second kappa shape index (κ2) is 4.62. The zero-order valence-corrected chi connectivity index (χ0v) is 6.35. The van der Waals surface area contributed by atoms with Crippen molar-refractivity contribution in [2.45, 2.75) is 25.4 Å². The van der Waals surface area contributed by atoms with Gasteiger partial charge in [-0.05, 0) is 19.4 Å². The van der Waals surface area contributed by atoms with E-state index in [1.54, 1.807) is 0 Å². The van der Waals surface area contributed by atoms with E-state index in [1.807, 2.05) is 0 Å². The lowest BCUT2D eigenvalue weighted by atomic mass is 10.1. The van der Waals surface area contributed by atoms with Gasteiger partial charge < -0.3 is 10.1 Å². The molecule has 1 atom stereocenters. The van der Waals surface area contributed by atoms with E-state index in [0.29, 0.717) is 6.54 Å². The van der Waals surface area contributed by atoms with Crippen molar-refractivity contribution < 1.29 is 13.5 Å². The molecule has 1 aliphatic heterocycles. The first kappa shape index (κ1) is 8.87. The van der Waals surface area contributed by atoms with Crippen LogP contribution in [0, 0.1) is 0 Å². The van der Waals surface area contributed by atoms with E-state index in [0.717, 1.165) is 19.4 Å². The zero-order chi connectivity index (χ0) is 8.10. The Balaban J connectivity index is 2.05. The minimum Gasteiger partial charge on any atom is -0.371 e. The fourth-order valence-electron chi connectivity index (χ4n) is 1.17. The number of hydrogen-bond acceptors (Lipinski definition) is 2. The molecule has 1 aliphatic rings. The lowest BCUT2D eigenvalue weighted by Gasteiger charge is -2.22. The Hall–Kier alpha value is -0.220. The van der Waals surface area contributed by atoms with Gasteiger partial charge in [-0.1, -0.05) is 0 Å². The van der Waals surface area contributed by atoms with E-state index in [-0.39, 0.29) is 6.10 Å². The molecular weight excluding hydrogens is 152 g/mol. The van der Waals surface area contributed by atoms with Gasteiger partial charge >= 0.3 is 0 Å². The summed E-state index contributed by atoms with van der Waals surface area (Å²) in [6, 6.07) is 0.